The van der Waals surface area contributed by atoms with Crippen LogP contribution in [-0.4, -0.2) is 24.6 Å². The van der Waals surface area contributed by atoms with Crippen molar-refractivity contribution in [1.29, 1.82) is 0 Å². The van der Waals surface area contributed by atoms with Crippen LogP contribution in [0.4, 0.5) is 10.1 Å². The van der Waals surface area contributed by atoms with Crippen molar-refractivity contribution in [1.82, 2.24) is 0 Å². The van der Waals surface area contributed by atoms with Crippen molar-refractivity contribution in [2.24, 2.45) is 0 Å². The molecule has 0 bridgehead atoms. The number of nitrogens with one attached hydrogen (secondary N) is 1. The first-order valence-corrected chi connectivity index (χ1v) is 8.00. The molecule has 0 radical (unpaired) electrons. The Morgan fingerprint density at radius 2 is 1.72 bits per heavy atom. The minimum Gasteiger partial charge on any atom is -0.494 e. The fourth-order valence-electron chi connectivity index (χ4n) is 1.97. The molecule has 0 fully saturated rings. The highest BCUT2D eigenvalue weighted by Gasteiger charge is 2.19. The Balaban J connectivity index is 1.90. The van der Waals surface area contributed by atoms with E-state index in [0.29, 0.717) is 23.6 Å². The lowest BCUT2D eigenvalue weighted by molar-refractivity contribution is -0.123. The molecule has 0 aromatic heterocycles. The van der Waals surface area contributed by atoms with E-state index in [4.69, 9.17) is 9.47 Å². The Bertz CT molecular complexity index is 713. The van der Waals surface area contributed by atoms with Gasteiger partial charge in [0.1, 0.15) is 11.6 Å². The second-order valence-electron chi connectivity index (χ2n) is 5.42. The van der Waals surface area contributed by atoms with E-state index >= 15 is 0 Å². The molecule has 0 aliphatic rings. The number of carbonyl (C=O) groups excluding carboxylic acids is 2. The number of carbonyl (C=O) groups is 2. The van der Waals surface area contributed by atoms with Crippen molar-refractivity contribution >= 4 is 17.6 Å². The predicted octanol–water partition coefficient (Wildman–Crippen LogP) is 3.80. The summed E-state index contributed by atoms with van der Waals surface area (Å²) >= 11 is 0. The van der Waals surface area contributed by atoms with Gasteiger partial charge in [-0.2, -0.15) is 0 Å². The normalized spacial score (nSPS) is 11.5. The monoisotopic (exact) mass is 345 g/mol. The van der Waals surface area contributed by atoms with E-state index in [1.54, 1.807) is 24.3 Å². The average Bonchev–Trinajstić information content (AvgIpc) is 2.62. The topological polar surface area (TPSA) is 64.6 Å². The molecular formula is C19H20FNO4. The minimum absolute atomic E-state index is 0.324. The van der Waals surface area contributed by atoms with Crippen LogP contribution in [0.15, 0.2) is 48.5 Å². The van der Waals surface area contributed by atoms with E-state index in [2.05, 4.69) is 5.32 Å². The average molecular weight is 345 g/mol. The lowest BCUT2D eigenvalue weighted by Gasteiger charge is -2.14. The van der Waals surface area contributed by atoms with Crippen LogP contribution in [-0.2, 0) is 9.53 Å². The fraction of sp³-hybridized carbons (Fsp3) is 0.263. The standard InChI is InChI=1S/C19H20FNO4/c1-3-12-24-17-10-4-14(5-11-17)19(23)25-13(2)18(22)21-16-8-6-15(20)7-9-16/h4-11,13H,3,12H2,1-2H3,(H,21,22)/t13-/m1/s1. The van der Waals surface area contributed by atoms with E-state index in [1.807, 2.05) is 6.92 Å². The molecule has 0 saturated heterocycles. The van der Waals surface area contributed by atoms with E-state index in [0.717, 1.165) is 6.42 Å². The summed E-state index contributed by atoms with van der Waals surface area (Å²) in [6.07, 6.45) is -0.0987. The maximum atomic E-state index is 12.8. The van der Waals surface area contributed by atoms with Gasteiger partial charge in [0.15, 0.2) is 6.10 Å². The van der Waals surface area contributed by atoms with Gasteiger partial charge < -0.3 is 14.8 Å². The van der Waals surface area contributed by atoms with Crippen molar-refractivity contribution in [2.75, 3.05) is 11.9 Å². The summed E-state index contributed by atoms with van der Waals surface area (Å²) in [7, 11) is 0. The molecule has 0 saturated carbocycles. The van der Waals surface area contributed by atoms with E-state index in [9.17, 15) is 14.0 Å². The Morgan fingerprint density at radius 3 is 2.32 bits per heavy atom. The minimum atomic E-state index is -0.992. The third-order valence-electron chi connectivity index (χ3n) is 3.33. The van der Waals surface area contributed by atoms with Gasteiger partial charge in [-0.05, 0) is 61.9 Å². The molecule has 132 valence electrons. The van der Waals surface area contributed by atoms with Gasteiger partial charge in [0.05, 0.1) is 12.2 Å². The number of esters is 1. The lowest BCUT2D eigenvalue weighted by Crippen LogP contribution is -2.30. The summed E-state index contributed by atoms with van der Waals surface area (Å²) in [6.45, 7) is 4.07. The van der Waals surface area contributed by atoms with Gasteiger partial charge in [0.2, 0.25) is 0 Å². The first kappa shape index (κ1) is 18.4. The summed E-state index contributed by atoms with van der Waals surface area (Å²) < 4.78 is 23.4. The van der Waals surface area contributed by atoms with Crippen LogP contribution in [0.3, 0.4) is 0 Å². The van der Waals surface area contributed by atoms with E-state index in [1.165, 1.54) is 31.2 Å². The molecular weight excluding hydrogens is 325 g/mol. The van der Waals surface area contributed by atoms with Gasteiger partial charge in [0.25, 0.3) is 5.91 Å². The van der Waals surface area contributed by atoms with Crippen molar-refractivity contribution in [3.8, 4) is 5.75 Å². The Labute approximate surface area is 145 Å². The molecule has 25 heavy (non-hydrogen) atoms. The Morgan fingerprint density at radius 1 is 1.08 bits per heavy atom. The highest BCUT2D eigenvalue weighted by atomic mass is 19.1. The van der Waals surface area contributed by atoms with Gasteiger partial charge in [0, 0.05) is 5.69 Å². The molecule has 1 N–H and O–H groups in total. The molecule has 2 rings (SSSR count). The van der Waals surface area contributed by atoms with Crippen molar-refractivity contribution in [3.05, 3.63) is 59.9 Å². The third-order valence-corrected chi connectivity index (χ3v) is 3.33. The zero-order chi connectivity index (χ0) is 18.2. The van der Waals surface area contributed by atoms with Crippen LogP contribution >= 0.6 is 0 Å². The number of rotatable bonds is 7. The van der Waals surface area contributed by atoms with Crippen LogP contribution in [0.25, 0.3) is 0 Å². The maximum Gasteiger partial charge on any atom is 0.338 e. The summed E-state index contributed by atoms with van der Waals surface area (Å²) in [5.41, 5.74) is 0.747. The molecule has 0 spiro atoms. The summed E-state index contributed by atoms with van der Waals surface area (Å²) in [6, 6.07) is 11.8. The number of hydrogen-bond acceptors (Lipinski definition) is 4. The van der Waals surface area contributed by atoms with Gasteiger partial charge in [-0.15, -0.1) is 0 Å². The van der Waals surface area contributed by atoms with Gasteiger partial charge in [-0.3, -0.25) is 4.79 Å². The number of hydrogen-bond donors (Lipinski definition) is 1. The fourth-order valence-corrected chi connectivity index (χ4v) is 1.97. The van der Waals surface area contributed by atoms with E-state index in [-0.39, 0.29) is 0 Å². The van der Waals surface area contributed by atoms with Crippen LogP contribution in [0.2, 0.25) is 0 Å². The third kappa shape index (κ3) is 5.60. The van der Waals surface area contributed by atoms with Gasteiger partial charge >= 0.3 is 5.97 Å². The predicted molar refractivity (Wildman–Crippen MR) is 92.1 cm³/mol. The number of halogens is 1. The maximum absolute atomic E-state index is 12.8. The van der Waals surface area contributed by atoms with Crippen LogP contribution in [0, 0.1) is 5.82 Å². The second kappa shape index (κ2) is 8.82. The molecule has 1 atom stereocenters. The molecule has 0 aliphatic heterocycles. The molecule has 0 unspecified atom stereocenters. The molecule has 5 nitrogen and oxygen atoms in total. The molecule has 0 aliphatic carbocycles. The molecule has 1 amide bonds. The lowest BCUT2D eigenvalue weighted by atomic mass is 10.2. The zero-order valence-corrected chi connectivity index (χ0v) is 14.1. The molecule has 6 heteroatoms. The highest BCUT2D eigenvalue weighted by Crippen LogP contribution is 2.14. The van der Waals surface area contributed by atoms with Crippen LogP contribution < -0.4 is 10.1 Å². The zero-order valence-electron chi connectivity index (χ0n) is 14.1. The number of anilines is 1. The first-order valence-electron chi connectivity index (χ1n) is 8.00. The largest absolute Gasteiger partial charge is 0.494 e. The smallest absolute Gasteiger partial charge is 0.338 e. The number of amides is 1. The summed E-state index contributed by atoms with van der Waals surface area (Å²) in [5, 5.41) is 2.56. The van der Waals surface area contributed by atoms with Gasteiger partial charge in [-0.25, -0.2) is 9.18 Å². The summed E-state index contributed by atoms with van der Waals surface area (Å²) in [5.74, 6) is -0.837. The van der Waals surface area contributed by atoms with Crippen molar-refractivity contribution in [3.63, 3.8) is 0 Å². The second-order valence-corrected chi connectivity index (χ2v) is 5.42. The van der Waals surface area contributed by atoms with E-state index < -0.39 is 23.8 Å². The molecule has 2 aromatic rings. The van der Waals surface area contributed by atoms with Crippen molar-refractivity contribution < 1.29 is 23.5 Å². The first-order chi connectivity index (χ1) is 12.0. The highest BCUT2D eigenvalue weighted by molar-refractivity contribution is 5.97. The Hall–Kier alpha value is -2.89. The van der Waals surface area contributed by atoms with Crippen LogP contribution in [0.1, 0.15) is 30.6 Å². The van der Waals surface area contributed by atoms with Gasteiger partial charge in [-0.1, -0.05) is 6.92 Å². The molecule has 2 aromatic carbocycles. The van der Waals surface area contributed by atoms with Crippen LogP contribution in [0.5, 0.6) is 5.75 Å². The molecule has 0 heterocycles. The quantitative estimate of drug-likeness (QED) is 0.775. The SMILES string of the molecule is CCCOc1ccc(C(=O)O[C@H](C)C(=O)Nc2ccc(F)cc2)cc1. The summed E-state index contributed by atoms with van der Waals surface area (Å²) in [4.78, 5) is 24.1. The number of ether oxygens (including phenoxy) is 2. The number of benzene rings is 2. The Kier molecular flexibility index (Phi) is 6.51. The van der Waals surface area contributed by atoms with Crippen molar-refractivity contribution in [2.45, 2.75) is 26.4 Å².